The highest BCUT2D eigenvalue weighted by molar-refractivity contribution is 5.95. The fourth-order valence-corrected chi connectivity index (χ4v) is 2.74. The third-order valence-corrected chi connectivity index (χ3v) is 4.04. The third kappa shape index (κ3) is 3.12. The molecule has 0 saturated heterocycles. The van der Waals surface area contributed by atoms with Crippen molar-refractivity contribution in [2.75, 3.05) is 11.9 Å². The first kappa shape index (κ1) is 14.9. The molecule has 0 aliphatic heterocycles. The summed E-state index contributed by atoms with van der Waals surface area (Å²) in [6.07, 6.45) is 4.13. The SMILES string of the molecule is CCOc1ccc(NC(=O)C2(C)CCCC2)cc1CO. The highest BCUT2D eigenvalue weighted by Gasteiger charge is 2.36. The number of aliphatic hydroxyl groups excluding tert-OH is 1. The molecule has 2 rings (SSSR count). The van der Waals surface area contributed by atoms with Gasteiger partial charge in [0.1, 0.15) is 5.75 Å². The van der Waals surface area contributed by atoms with Crippen LogP contribution in [0.1, 0.15) is 45.1 Å². The van der Waals surface area contributed by atoms with Gasteiger partial charge in [-0.1, -0.05) is 19.8 Å². The largest absolute Gasteiger partial charge is 0.494 e. The quantitative estimate of drug-likeness (QED) is 0.869. The molecule has 1 aliphatic rings. The molecule has 0 radical (unpaired) electrons. The molecule has 0 spiro atoms. The summed E-state index contributed by atoms with van der Waals surface area (Å²) in [6, 6.07) is 5.39. The summed E-state index contributed by atoms with van der Waals surface area (Å²) in [5.41, 5.74) is 1.16. The van der Waals surface area contributed by atoms with E-state index in [-0.39, 0.29) is 17.9 Å². The van der Waals surface area contributed by atoms with Gasteiger partial charge in [0, 0.05) is 16.7 Å². The zero-order chi connectivity index (χ0) is 14.6. The summed E-state index contributed by atoms with van der Waals surface area (Å²) in [5, 5.41) is 12.3. The molecule has 4 heteroatoms. The second-order valence-electron chi connectivity index (χ2n) is 5.64. The summed E-state index contributed by atoms with van der Waals surface area (Å²) in [4.78, 5) is 12.3. The lowest BCUT2D eigenvalue weighted by atomic mass is 9.88. The van der Waals surface area contributed by atoms with Gasteiger partial charge in [-0.05, 0) is 38.0 Å². The number of ether oxygens (including phenoxy) is 1. The first-order valence-corrected chi connectivity index (χ1v) is 7.27. The molecule has 110 valence electrons. The van der Waals surface area contributed by atoms with Crippen molar-refractivity contribution in [2.45, 2.75) is 46.1 Å². The Balaban J connectivity index is 2.11. The molecule has 0 atom stereocenters. The fraction of sp³-hybridized carbons (Fsp3) is 0.562. The zero-order valence-electron chi connectivity index (χ0n) is 12.2. The molecule has 2 N–H and O–H groups in total. The molecule has 0 heterocycles. The van der Waals surface area contributed by atoms with E-state index in [2.05, 4.69) is 5.32 Å². The third-order valence-electron chi connectivity index (χ3n) is 4.04. The number of aliphatic hydroxyl groups is 1. The molecule has 1 aromatic rings. The van der Waals surface area contributed by atoms with E-state index >= 15 is 0 Å². The van der Waals surface area contributed by atoms with Gasteiger partial charge in [0.25, 0.3) is 0 Å². The first-order chi connectivity index (χ1) is 9.59. The lowest BCUT2D eigenvalue weighted by Gasteiger charge is -2.22. The van der Waals surface area contributed by atoms with Crippen molar-refractivity contribution in [1.29, 1.82) is 0 Å². The van der Waals surface area contributed by atoms with Crippen LogP contribution >= 0.6 is 0 Å². The molecule has 1 fully saturated rings. The van der Waals surface area contributed by atoms with Gasteiger partial charge < -0.3 is 15.2 Å². The second-order valence-corrected chi connectivity index (χ2v) is 5.64. The smallest absolute Gasteiger partial charge is 0.230 e. The number of carbonyl (C=O) groups is 1. The minimum absolute atomic E-state index is 0.0723. The molecule has 1 aliphatic carbocycles. The van der Waals surface area contributed by atoms with Gasteiger partial charge in [0.2, 0.25) is 5.91 Å². The van der Waals surface area contributed by atoms with Crippen LogP contribution in [-0.4, -0.2) is 17.6 Å². The first-order valence-electron chi connectivity index (χ1n) is 7.27. The van der Waals surface area contributed by atoms with E-state index in [9.17, 15) is 9.90 Å². The summed E-state index contributed by atoms with van der Waals surface area (Å²) < 4.78 is 5.43. The Bertz CT molecular complexity index is 479. The fourth-order valence-electron chi connectivity index (χ4n) is 2.74. The Hall–Kier alpha value is -1.55. The normalized spacial score (nSPS) is 16.9. The number of carbonyl (C=O) groups excluding carboxylic acids is 1. The Labute approximate surface area is 120 Å². The van der Waals surface area contributed by atoms with E-state index in [0.29, 0.717) is 17.9 Å². The average molecular weight is 277 g/mol. The topological polar surface area (TPSA) is 58.6 Å². The molecule has 0 bridgehead atoms. The number of rotatable bonds is 5. The average Bonchev–Trinajstić information content (AvgIpc) is 2.89. The lowest BCUT2D eigenvalue weighted by molar-refractivity contribution is -0.124. The van der Waals surface area contributed by atoms with Gasteiger partial charge in [0.15, 0.2) is 0 Å². The Morgan fingerprint density at radius 3 is 2.70 bits per heavy atom. The monoisotopic (exact) mass is 277 g/mol. The van der Waals surface area contributed by atoms with Gasteiger partial charge in [0.05, 0.1) is 13.2 Å². The number of anilines is 1. The van der Waals surface area contributed by atoms with E-state index in [4.69, 9.17) is 4.74 Å². The van der Waals surface area contributed by atoms with E-state index in [0.717, 1.165) is 31.4 Å². The number of hydrogen-bond acceptors (Lipinski definition) is 3. The van der Waals surface area contributed by atoms with Crippen molar-refractivity contribution >= 4 is 11.6 Å². The molecule has 0 unspecified atom stereocenters. The van der Waals surface area contributed by atoms with E-state index in [1.165, 1.54) is 0 Å². The Morgan fingerprint density at radius 1 is 1.40 bits per heavy atom. The molecular weight excluding hydrogens is 254 g/mol. The van der Waals surface area contributed by atoms with Crippen LogP contribution in [0.15, 0.2) is 18.2 Å². The van der Waals surface area contributed by atoms with Gasteiger partial charge in [-0.25, -0.2) is 0 Å². The molecule has 0 aromatic heterocycles. The van der Waals surface area contributed by atoms with Crippen molar-refractivity contribution in [3.63, 3.8) is 0 Å². The number of hydrogen-bond donors (Lipinski definition) is 2. The highest BCUT2D eigenvalue weighted by Crippen LogP contribution is 2.38. The number of nitrogens with one attached hydrogen (secondary N) is 1. The van der Waals surface area contributed by atoms with Gasteiger partial charge in [-0.2, -0.15) is 0 Å². The summed E-state index contributed by atoms with van der Waals surface area (Å²) >= 11 is 0. The number of amides is 1. The Kier molecular flexibility index (Phi) is 4.65. The maximum absolute atomic E-state index is 12.3. The van der Waals surface area contributed by atoms with Crippen LogP contribution in [0.5, 0.6) is 5.75 Å². The van der Waals surface area contributed by atoms with Crippen LogP contribution in [0.4, 0.5) is 5.69 Å². The molecule has 1 amide bonds. The van der Waals surface area contributed by atoms with Crippen molar-refractivity contribution < 1.29 is 14.6 Å². The summed E-state index contributed by atoms with van der Waals surface area (Å²) in [5.74, 6) is 0.739. The van der Waals surface area contributed by atoms with E-state index < -0.39 is 0 Å². The van der Waals surface area contributed by atoms with Gasteiger partial charge in [-0.3, -0.25) is 4.79 Å². The molecule has 1 saturated carbocycles. The minimum atomic E-state index is -0.252. The van der Waals surface area contributed by atoms with Crippen LogP contribution in [-0.2, 0) is 11.4 Å². The summed E-state index contributed by atoms with van der Waals surface area (Å²) in [7, 11) is 0. The zero-order valence-corrected chi connectivity index (χ0v) is 12.2. The lowest BCUT2D eigenvalue weighted by Crippen LogP contribution is -2.30. The van der Waals surface area contributed by atoms with Crippen LogP contribution < -0.4 is 10.1 Å². The van der Waals surface area contributed by atoms with E-state index in [1.54, 1.807) is 12.1 Å². The van der Waals surface area contributed by atoms with Gasteiger partial charge >= 0.3 is 0 Å². The van der Waals surface area contributed by atoms with Crippen molar-refractivity contribution in [3.8, 4) is 5.75 Å². The molecule has 4 nitrogen and oxygen atoms in total. The van der Waals surface area contributed by atoms with E-state index in [1.807, 2.05) is 19.9 Å². The second kappa shape index (κ2) is 6.27. The minimum Gasteiger partial charge on any atom is -0.494 e. The van der Waals surface area contributed by atoms with Crippen molar-refractivity contribution in [3.05, 3.63) is 23.8 Å². The van der Waals surface area contributed by atoms with Crippen molar-refractivity contribution in [1.82, 2.24) is 0 Å². The highest BCUT2D eigenvalue weighted by atomic mass is 16.5. The van der Waals surface area contributed by atoms with Crippen molar-refractivity contribution in [2.24, 2.45) is 5.41 Å². The molecule has 1 aromatic carbocycles. The predicted octanol–water partition coefficient (Wildman–Crippen LogP) is 3.10. The predicted molar refractivity (Wildman–Crippen MR) is 78.7 cm³/mol. The van der Waals surface area contributed by atoms with Gasteiger partial charge in [-0.15, -0.1) is 0 Å². The molecular formula is C16H23NO3. The van der Waals surface area contributed by atoms with Crippen LogP contribution in [0.2, 0.25) is 0 Å². The summed E-state index contributed by atoms with van der Waals surface area (Å²) in [6.45, 7) is 4.38. The maximum atomic E-state index is 12.3. The van der Waals surface area contributed by atoms with Crippen LogP contribution in [0.3, 0.4) is 0 Å². The Morgan fingerprint density at radius 2 is 2.10 bits per heavy atom. The molecule has 20 heavy (non-hydrogen) atoms. The van der Waals surface area contributed by atoms with Crippen LogP contribution in [0.25, 0.3) is 0 Å². The number of benzene rings is 1. The maximum Gasteiger partial charge on any atom is 0.230 e. The standard InChI is InChI=1S/C16H23NO3/c1-3-20-14-7-6-13(10-12(14)11-18)17-15(19)16(2)8-4-5-9-16/h6-7,10,18H,3-5,8-9,11H2,1-2H3,(H,17,19). The van der Waals surface area contributed by atoms with Crippen LogP contribution in [0, 0.1) is 5.41 Å².